The van der Waals surface area contributed by atoms with Crippen LogP contribution in [0, 0.1) is 5.82 Å². The molecular weight excluding hydrogens is 217 g/mol. The average Bonchev–Trinajstić information content (AvgIpc) is 2.25. The summed E-state index contributed by atoms with van der Waals surface area (Å²) in [5.74, 6) is 5.23. The quantitative estimate of drug-likeness (QED) is 0.361. The first-order valence-electron chi connectivity index (χ1n) is 4.66. The predicted octanol–water partition coefficient (Wildman–Crippen LogP) is 2.10. The van der Waals surface area contributed by atoms with Gasteiger partial charge in [0.25, 0.3) is 0 Å². The fourth-order valence-corrected chi connectivity index (χ4v) is 1.33. The lowest BCUT2D eigenvalue weighted by molar-refractivity contribution is 0.628. The molecule has 1 aromatic rings. The third kappa shape index (κ3) is 2.91. The number of hydrogen-bond donors (Lipinski definition) is 2. The molecule has 0 aliphatic carbocycles. The second-order valence-corrected chi connectivity index (χ2v) is 3.35. The largest absolute Gasteiger partial charge is 0.308 e. The van der Waals surface area contributed by atoms with E-state index in [0.29, 0.717) is 17.9 Å². The van der Waals surface area contributed by atoms with Gasteiger partial charge in [-0.2, -0.15) is 0 Å². The van der Waals surface area contributed by atoms with Crippen LogP contribution in [-0.4, -0.2) is 12.4 Å². The molecule has 82 valence electrons. The summed E-state index contributed by atoms with van der Waals surface area (Å²) in [4.78, 5) is 4.16. The van der Waals surface area contributed by atoms with Crippen molar-refractivity contribution in [3.8, 4) is 0 Å². The van der Waals surface area contributed by atoms with Crippen LogP contribution in [0.25, 0.3) is 0 Å². The summed E-state index contributed by atoms with van der Waals surface area (Å²) in [5.41, 5.74) is 2.90. The van der Waals surface area contributed by atoms with E-state index in [1.165, 1.54) is 6.07 Å². The molecule has 0 aliphatic heterocycles. The second kappa shape index (κ2) is 5.68. The highest BCUT2D eigenvalue weighted by molar-refractivity contribution is 6.34. The van der Waals surface area contributed by atoms with Gasteiger partial charge < -0.3 is 5.43 Å². The predicted molar refractivity (Wildman–Crippen MR) is 60.4 cm³/mol. The highest BCUT2D eigenvalue weighted by Gasteiger charge is 2.10. The third-order valence-electron chi connectivity index (χ3n) is 1.84. The minimum absolute atomic E-state index is 0.0327. The number of nitrogens with zero attached hydrogens (tertiary/aromatic N) is 1. The maximum atomic E-state index is 13.1. The van der Waals surface area contributed by atoms with Crippen LogP contribution in [0.5, 0.6) is 0 Å². The molecule has 1 aromatic carbocycles. The van der Waals surface area contributed by atoms with Crippen LogP contribution in [0.2, 0.25) is 5.02 Å². The van der Waals surface area contributed by atoms with E-state index < -0.39 is 5.82 Å². The van der Waals surface area contributed by atoms with E-state index in [0.717, 1.165) is 6.42 Å². The van der Waals surface area contributed by atoms with Crippen LogP contribution in [0.15, 0.2) is 23.2 Å². The van der Waals surface area contributed by atoms with E-state index in [1.54, 1.807) is 12.1 Å². The molecule has 0 radical (unpaired) electrons. The number of hydrogen-bond acceptors (Lipinski definition) is 2. The number of nitrogens with two attached hydrogens (primary N) is 1. The highest BCUT2D eigenvalue weighted by atomic mass is 35.5. The molecule has 0 aromatic heterocycles. The second-order valence-electron chi connectivity index (χ2n) is 2.98. The Hall–Kier alpha value is -1.13. The van der Waals surface area contributed by atoms with Gasteiger partial charge in [-0.25, -0.2) is 10.2 Å². The molecule has 0 heterocycles. The molecule has 0 bridgehead atoms. The van der Waals surface area contributed by atoms with E-state index in [-0.39, 0.29) is 5.02 Å². The number of benzene rings is 1. The minimum atomic E-state index is -0.478. The first-order valence-corrected chi connectivity index (χ1v) is 5.04. The van der Waals surface area contributed by atoms with E-state index >= 15 is 0 Å². The molecule has 3 N–H and O–H groups in total. The summed E-state index contributed by atoms with van der Waals surface area (Å²) in [7, 11) is 0. The molecule has 0 spiro atoms. The van der Waals surface area contributed by atoms with E-state index in [2.05, 4.69) is 10.4 Å². The van der Waals surface area contributed by atoms with Crippen molar-refractivity contribution in [2.24, 2.45) is 10.8 Å². The van der Waals surface area contributed by atoms with Crippen molar-refractivity contribution in [3.63, 3.8) is 0 Å². The maximum absolute atomic E-state index is 13.1. The van der Waals surface area contributed by atoms with E-state index in [4.69, 9.17) is 17.4 Å². The summed E-state index contributed by atoms with van der Waals surface area (Å²) < 4.78 is 13.1. The van der Waals surface area contributed by atoms with E-state index in [9.17, 15) is 4.39 Å². The standard InChI is InChI=1S/C10H13ClFN3/c1-2-6-14-10(15-13)7-4-3-5-8(12)9(7)11/h3-5H,2,6,13H2,1H3,(H,14,15). The summed E-state index contributed by atoms with van der Waals surface area (Å²) in [5, 5.41) is 0.0327. The number of nitrogens with one attached hydrogen (secondary N) is 1. The zero-order valence-corrected chi connectivity index (χ0v) is 9.18. The van der Waals surface area contributed by atoms with Crippen molar-refractivity contribution in [2.45, 2.75) is 13.3 Å². The normalized spacial score (nSPS) is 11.6. The number of rotatable bonds is 3. The Morgan fingerprint density at radius 2 is 2.33 bits per heavy atom. The molecule has 3 nitrogen and oxygen atoms in total. The van der Waals surface area contributed by atoms with Gasteiger partial charge in [0.1, 0.15) is 11.7 Å². The van der Waals surface area contributed by atoms with Crippen molar-refractivity contribution >= 4 is 17.4 Å². The van der Waals surface area contributed by atoms with Crippen LogP contribution >= 0.6 is 11.6 Å². The van der Waals surface area contributed by atoms with Gasteiger partial charge in [0.05, 0.1) is 5.02 Å². The van der Waals surface area contributed by atoms with Gasteiger partial charge in [-0.05, 0) is 18.6 Å². The van der Waals surface area contributed by atoms with Crippen LogP contribution < -0.4 is 11.3 Å². The molecule has 1 rings (SSSR count). The van der Waals surface area contributed by atoms with Crippen LogP contribution in [0.1, 0.15) is 18.9 Å². The topological polar surface area (TPSA) is 50.4 Å². The molecular formula is C10H13ClFN3. The van der Waals surface area contributed by atoms with Gasteiger partial charge in [-0.15, -0.1) is 0 Å². The van der Waals surface area contributed by atoms with Gasteiger partial charge in [0.2, 0.25) is 0 Å². The highest BCUT2D eigenvalue weighted by Crippen LogP contribution is 2.19. The Kier molecular flexibility index (Phi) is 4.52. The maximum Gasteiger partial charge on any atom is 0.144 e. The van der Waals surface area contributed by atoms with Crippen molar-refractivity contribution in [3.05, 3.63) is 34.6 Å². The summed E-state index contributed by atoms with van der Waals surface area (Å²) in [6.45, 7) is 2.61. The molecule has 0 saturated carbocycles. The Bertz CT molecular complexity index is 366. The van der Waals surface area contributed by atoms with Gasteiger partial charge in [0.15, 0.2) is 0 Å². The van der Waals surface area contributed by atoms with Crippen molar-refractivity contribution < 1.29 is 4.39 Å². The van der Waals surface area contributed by atoms with Gasteiger partial charge >= 0.3 is 0 Å². The van der Waals surface area contributed by atoms with Crippen LogP contribution in [-0.2, 0) is 0 Å². The molecule has 0 aliphatic rings. The SMILES string of the molecule is CCCN=C(NN)c1cccc(F)c1Cl. The smallest absolute Gasteiger partial charge is 0.144 e. The summed E-state index contributed by atoms with van der Waals surface area (Å²) in [6, 6.07) is 4.52. The average molecular weight is 230 g/mol. The fraction of sp³-hybridized carbons (Fsp3) is 0.300. The zero-order valence-electron chi connectivity index (χ0n) is 8.43. The molecule has 0 amide bonds. The Morgan fingerprint density at radius 3 is 2.93 bits per heavy atom. The molecule has 15 heavy (non-hydrogen) atoms. The minimum Gasteiger partial charge on any atom is -0.308 e. The summed E-state index contributed by atoms with van der Waals surface area (Å²) >= 11 is 5.79. The molecule has 0 fully saturated rings. The Labute approximate surface area is 93.1 Å². The number of amidine groups is 1. The van der Waals surface area contributed by atoms with Gasteiger partial charge in [0, 0.05) is 12.1 Å². The van der Waals surface area contributed by atoms with Crippen LogP contribution in [0.3, 0.4) is 0 Å². The van der Waals surface area contributed by atoms with Gasteiger partial charge in [-0.1, -0.05) is 24.6 Å². The zero-order chi connectivity index (χ0) is 11.3. The lowest BCUT2D eigenvalue weighted by Crippen LogP contribution is -2.31. The summed E-state index contributed by atoms with van der Waals surface area (Å²) in [6.07, 6.45) is 0.887. The lowest BCUT2D eigenvalue weighted by Gasteiger charge is -2.07. The first kappa shape index (κ1) is 11.9. The monoisotopic (exact) mass is 229 g/mol. The van der Waals surface area contributed by atoms with Crippen molar-refractivity contribution in [1.29, 1.82) is 0 Å². The number of halogens is 2. The molecule has 0 atom stereocenters. The van der Waals surface area contributed by atoms with Crippen molar-refractivity contribution in [2.75, 3.05) is 6.54 Å². The molecule has 0 unspecified atom stereocenters. The number of hydrazine groups is 1. The third-order valence-corrected chi connectivity index (χ3v) is 2.22. The van der Waals surface area contributed by atoms with Gasteiger partial charge in [-0.3, -0.25) is 4.99 Å². The van der Waals surface area contributed by atoms with Crippen molar-refractivity contribution in [1.82, 2.24) is 5.43 Å². The molecule has 5 heteroatoms. The molecule has 0 saturated heterocycles. The van der Waals surface area contributed by atoms with E-state index in [1.807, 2.05) is 6.92 Å². The Balaban J connectivity index is 3.07. The van der Waals surface area contributed by atoms with Crippen LogP contribution in [0.4, 0.5) is 4.39 Å². The fourth-order valence-electron chi connectivity index (χ4n) is 1.12. The number of aliphatic imine (C=N–C) groups is 1. The first-order chi connectivity index (χ1) is 7.20. The lowest BCUT2D eigenvalue weighted by atomic mass is 10.2. The Morgan fingerprint density at radius 1 is 1.60 bits per heavy atom.